The molecule has 5 nitrogen and oxygen atoms in total. The van der Waals surface area contributed by atoms with Gasteiger partial charge in [0.1, 0.15) is 5.75 Å². The normalized spacial score (nSPS) is 10.6. The lowest BCUT2D eigenvalue weighted by molar-refractivity contribution is -0.120. The van der Waals surface area contributed by atoms with Gasteiger partial charge in [-0.05, 0) is 59.7 Å². The Hall–Kier alpha value is -3.44. The lowest BCUT2D eigenvalue weighted by Gasteiger charge is -2.05. The number of nitrogens with one attached hydrogen (secondary N) is 1. The van der Waals surface area contributed by atoms with Crippen LogP contribution >= 0.6 is 11.6 Å². The van der Waals surface area contributed by atoms with Gasteiger partial charge in [-0.15, -0.1) is 0 Å². The van der Waals surface area contributed by atoms with Crippen molar-refractivity contribution in [3.05, 3.63) is 101 Å². The summed E-state index contributed by atoms with van der Waals surface area (Å²) in [5.41, 5.74) is 4.57. The molecule has 0 spiro atoms. The third kappa shape index (κ3) is 5.79. The molecule has 0 atom stereocenters. The smallest absolute Gasteiger partial charge is 0.343 e. The molecule has 3 aromatic carbocycles. The summed E-state index contributed by atoms with van der Waals surface area (Å²) in [6.07, 6.45) is 1.78. The topological polar surface area (TPSA) is 67.8 Å². The largest absolute Gasteiger partial charge is 0.423 e. The van der Waals surface area contributed by atoms with Crippen LogP contribution in [-0.4, -0.2) is 18.1 Å². The van der Waals surface area contributed by atoms with Crippen LogP contribution in [0.2, 0.25) is 5.02 Å². The SMILES string of the molecule is O=C(Cc1ccccc1)NN=Cc1ccc(OC(=O)c2ccc(Cl)cc2)cc1. The van der Waals surface area contributed by atoms with Crippen LogP contribution in [0, 0.1) is 0 Å². The summed E-state index contributed by atoms with van der Waals surface area (Å²) in [4.78, 5) is 23.9. The van der Waals surface area contributed by atoms with E-state index in [9.17, 15) is 9.59 Å². The number of nitrogens with zero attached hydrogens (tertiary/aromatic N) is 1. The van der Waals surface area contributed by atoms with Gasteiger partial charge in [0.2, 0.25) is 5.91 Å². The Balaban J connectivity index is 1.51. The van der Waals surface area contributed by atoms with E-state index >= 15 is 0 Å². The Morgan fingerprint density at radius 1 is 0.929 bits per heavy atom. The van der Waals surface area contributed by atoms with Crippen LogP contribution in [-0.2, 0) is 11.2 Å². The molecule has 0 aromatic heterocycles. The summed E-state index contributed by atoms with van der Waals surface area (Å²) < 4.78 is 5.31. The maximum atomic E-state index is 12.1. The number of hydrogen-bond donors (Lipinski definition) is 1. The molecule has 0 aliphatic carbocycles. The number of hydrazone groups is 1. The van der Waals surface area contributed by atoms with Crippen molar-refractivity contribution in [3.8, 4) is 5.75 Å². The number of amides is 1. The van der Waals surface area contributed by atoms with E-state index in [-0.39, 0.29) is 12.3 Å². The van der Waals surface area contributed by atoms with Crippen molar-refractivity contribution in [3.63, 3.8) is 0 Å². The highest BCUT2D eigenvalue weighted by molar-refractivity contribution is 6.30. The van der Waals surface area contributed by atoms with E-state index in [0.29, 0.717) is 16.3 Å². The van der Waals surface area contributed by atoms with Crippen LogP contribution < -0.4 is 10.2 Å². The lowest BCUT2D eigenvalue weighted by Crippen LogP contribution is -2.19. The minimum absolute atomic E-state index is 0.198. The Morgan fingerprint density at radius 2 is 1.61 bits per heavy atom. The van der Waals surface area contributed by atoms with Crippen LogP contribution in [0.25, 0.3) is 0 Å². The minimum Gasteiger partial charge on any atom is -0.423 e. The zero-order valence-electron chi connectivity index (χ0n) is 14.8. The number of ether oxygens (including phenoxy) is 1. The highest BCUT2D eigenvalue weighted by atomic mass is 35.5. The molecule has 1 amide bonds. The summed E-state index contributed by atoms with van der Waals surface area (Å²) >= 11 is 5.80. The fourth-order valence-corrected chi connectivity index (χ4v) is 2.50. The van der Waals surface area contributed by atoms with Gasteiger partial charge >= 0.3 is 5.97 Å². The first-order chi connectivity index (χ1) is 13.6. The second-order valence-corrected chi connectivity index (χ2v) is 6.36. The average molecular weight is 393 g/mol. The van der Waals surface area contributed by atoms with Gasteiger partial charge in [-0.2, -0.15) is 5.10 Å². The highest BCUT2D eigenvalue weighted by Crippen LogP contribution is 2.15. The first-order valence-corrected chi connectivity index (χ1v) is 8.91. The van der Waals surface area contributed by atoms with Gasteiger partial charge in [-0.3, -0.25) is 4.79 Å². The van der Waals surface area contributed by atoms with Crippen LogP contribution in [0.4, 0.5) is 0 Å². The molecule has 0 unspecified atom stereocenters. The standard InChI is InChI=1S/C22H17ClN2O3/c23-19-10-8-18(9-11-19)22(27)28-20-12-6-17(7-13-20)15-24-25-21(26)14-16-4-2-1-3-5-16/h1-13,15H,14H2,(H,25,26). The molecule has 0 saturated carbocycles. The molecule has 0 bridgehead atoms. The quantitative estimate of drug-likeness (QED) is 0.295. The van der Waals surface area contributed by atoms with Gasteiger partial charge < -0.3 is 4.74 Å². The van der Waals surface area contributed by atoms with Gasteiger partial charge in [0.25, 0.3) is 0 Å². The molecule has 1 N–H and O–H groups in total. The zero-order chi connectivity index (χ0) is 19.8. The molecule has 0 saturated heterocycles. The molecule has 0 fully saturated rings. The van der Waals surface area contributed by atoms with Gasteiger partial charge in [0.15, 0.2) is 0 Å². The zero-order valence-corrected chi connectivity index (χ0v) is 15.6. The van der Waals surface area contributed by atoms with E-state index < -0.39 is 5.97 Å². The monoisotopic (exact) mass is 392 g/mol. The molecule has 140 valence electrons. The van der Waals surface area contributed by atoms with Crippen LogP contribution in [0.5, 0.6) is 5.75 Å². The second kappa shape index (κ2) is 9.48. The number of esters is 1. The number of halogens is 1. The van der Waals surface area contributed by atoms with E-state index in [1.54, 1.807) is 48.5 Å². The third-order valence-corrected chi connectivity index (χ3v) is 4.03. The molecular weight excluding hydrogens is 376 g/mol. The summed E-state index contributed by atoms with van der Waals surface area (Å²) in [5.74, 6) is -0.257. The Morgan fingerprint density at radius 3 is 2.29 bits per heavy atom. The predicted molar refractivity (Wildman–Crippen MR) is 109 cm³/mol. The number of carbonyl (C=O) groups is 2. The molecule has 0 aliphatic rings. The Labute approximate surface area is 167 Å². The number of carbonyl (C=O) groups excluding carboxylic acids is 2. The van der Waals surface area contributed by atoms with E-state index in [4.69, 9.17) is 16.3 Å². The van der Waals surface area contributed by atoms with Gasteiger partial charge in [-0.25, -0.2) is 10.2 Å². The van der Waals surface area contributed by atoms with Crippen molar-refractivity contribution in [2.24, 2.45) is 5.10 Å². The predicted octanol–water partition coefficient (Wildman–Crippen LogP) is 4.25. The van der Waals surface area contributed by atoms with Crippen molar-refractivity contribution in [2.45, 2.75) is 6.42 Å². The molecule has 0 heterocycles. The van der Waals surface area contributed by atoms with Crippen LogP contribution in [0.1, 0.15) is 21.5 Å². The summed E-state index contributed by atoms with van der Waals surface area (Å²) in [5, 5.41) is 4.49. The first-order valence-electron chi connectivity index (χ1n) is 8.54. The Kier molecular flexibility index (Phi) is 6.54. The summed E-state index contributed by atoms with van der Waals surface area (Å²) in [6.45, 7) is 0. The Bertz CT molecular complexity index is 969. The van der Waals surface area contributed by atoms with Crippen LogP contribution in [0.15, 0.2) is 84.0 Å². The van der Waals surface area contributed by atoms with Gasteiger partial charge in [0, 0.05) is 5.02 Å². The second-order valence-electron chi connectivity index (χ2n) is 5.92. The number of benzene rings is 3. The molecule has 3 rings (SSSR count). The van der Waals surface area contributed by atoms with Gasteiger partial charge in [0.05, 0.1) is 18.2 Å². The molecule has 6 heteroatoms. The van der Waals surface area contributed by atoms with E-state index in [2.05, 4.69) is 10.5 Å². The van der Waals surface area contributed by atoms with E-state index in [1.807, 2.05) is 30.3 Å². The number of hydrogen-bond acceptors (Lipinski definition) is 4. The third-order valence-electron chi connectivity index (χ3n) is 3.78. The lowest BCUT2D eigenvalue weighted by atomic mass is 10.1. The fourth-order valence-electron chi connectivity index (χ4n) is 2.37. The van der Waals surface area contributed by atoms with Crippen LogP contribution in [0.3, 0.4) is 0 Å². The summed E-state index contributed by atoms with van der Waals surface area (Å²) in [7, 11) is 0. The molecular formula is C22H17ClN2O3. The van der Waals surface area contributed by atoms with Crippen molar-refractivity contribution in [1.29, 1.82) is 0 Å². The van der Waals surface area contributed by atoms with Gasteiger partial charge in [-0.1, -0.05) is 41.9 Å². The maximum Gasteiger partial charge on any atom is 0.343 e. The maximum absolute atomic E-state index is 12.1. The van der Waals surface area contributed by atoms with Crippen molar-refractivity contribution >= 4 is 29.7 Å². The van der Waals surface area contributed by atoms with Crippen molar-refractivity contribution in [1.82, 2.24) is 5.43 Å². The van der Waals surface area contributed by atoms with Crippen molar-refractivity contribution < 1.29 is 14.3 Å². The van der Waals surface area contributed by atoms with E-state index in [1.165, 1.54) is 6.21 Å². The molecule has 0 radical (unpaired) electrons. The molecule has 28 heavy (non-hydrogen) atoms. The van der Waals surface area contributed by atoms with Crippen molar-refractivity contribution in [2.75, 3.05) is 0 Å². The fraction of sp³-hybridized carbons (Fsp3) is 0.0455. The van der Waals surface area contributed by atoms with E-state index in [0.717, 1.165) is 11.1 Å². The first kappa shape index (κ1) is 19.3. The number of rotatable bonds is 6. The summed E-state index contributed by atoms with van der Waals surface area (Å²) in [6, 6.07) is 22.7. The molecule has 3 aromatic rings. The average Bonchev–Trinajstić information content (AvgIpc) is 2.70. The minimum atomic E-state index is -0.466. The molecule has 0 aliphatic heterocycles. The highest BCUT2D eigenvalue weighted by Gasteiger charge is 2.08.